The Morgan fingerprint density at radius 3 is 2.22 bits per heavy atom. The van der Waals surface area contributed by atoms with Crippen LogP contribution in [0.25, 0.3) is 0 Å². The van der Waals surface area contributed by atoms with E-state index >= 15 is 0 Å². The fourth-order valence-corrected chi connectivity index (χ4v) is 1.71. The zero-order valence-electron chi connectivity index (χ0n) is 9.00. The van der Waals surface area contributed by atoms with E-state index < -0.39 is 11.7 Å². The van der Waals surface area contributed by atoms with E-state index in [-0.39, 0.29) is 0 Å². The summed E-state index contributed by atoms with van der Waals surface area (Å²) in [5, 5.41) is 2.91. The van der Waals surface area contributed by atoms with Gasteiger partial charge in [-0.05, 0) is 52.3 Å². The quantitative estimate of drug-likeness (QED) is 0.819. The SMILES string of the molecule is FC(F)(F)c1ccc(Nc2cccc(Br)n2)cc1. The maximum Gasteiger partial charge on any atom is 0.416 e. The van der Waals surface area contributed by atoms with Crippen LogP contribution >= 0.6 is 15.9 Å². The van der Waals surface area contributed by atoms with Gasteiger partial charge in [0.05, 0.1) is 5.56 Å². The first-order valence-corrected chi connectivity index (χ1v) is 5.81. The van der Waals surface area contributed by atoms with E-state index in [0.717, 1.165) is 12.1 Å². The number of rotatable bonds is 2. The van der Waals surface area contributed by atoms with Gasteiger partial charge < -0.3 is 5.32 Å². The van der Waals surface area contributed by atoms with Crippen molar-refractivity contribution in [1.29, 1.82) is 0 Å². The lowest BCUT2D eigenvalue weighted by Gasteiger charge is -2.09. The van der Waals surface area contributed by atoms with E-state index in [2.05, 4.69) is 26.2 Å². The highest BCUT2D eigenvalue weighted by atomic mass is 79.9. The smallest absolute Gasteiger partial charge is 0.340 e. The second-order valence-electron chi connectivity index (χ2n) is 3.55. The number of nitrogens with one attached hydrogen (secondary N) is 1. The van der Waals surface area contributed by atoms with Crippen LogP contribution in [-0.2, 0) is 6.18 Å². The Morgan fingerprint density at radius 1 is 1.00 bits per heavy atom. The van der Waals surface area contributed by atoms with Crippen molar-refractivity contribution in [2.45, 2.75) is 6.18 Å². The predicted molar refractivity (Wildman–Crippen MR) is 66.7 cm³/mol. The van der Waals surface area contributed by atoms with Crippen molar-refractivity contribution in [2.24, 2.45) is 0 Å². The van der Waals surface area contributed by atoms with Crippen molar-refractivity contribution in [3.63, 3.8) is 0 Å². The molecule has 0 aliphatic rings. The molecule has 0 fully saturated rings. The number of anilines is 2. The van der Waals surface area contributed by atoms with Crippen molar-refractivity contribution >= 4 is 27.4 Å². The molecule has 0 spiro atoms. The third-order valence-corrected chi connectivity index (χ3v) is 2.64. The number of halogens is 4. The minimum Gasteiger partial charge on any atom is -0.340 e. The van der Waals surface area contributed by atoms with Crippen LogP contribution in [0, 0.1) is 0 Å². The van der Waals surface area contributed by atoms with Crippen LogP contribution in [0.15, 0.2) is 47.1 Å². The Hall–Kier alpha value is -1.56. The van der Waals surface area contributed by atoms with Gasteiger partial charge in [-0.2, -0.15) is 13.2 Å². The Kier molecular flexibility index (Phi) is 3.56. The summed E-state index contributed by atoms with van der Waals surface area (Å²) >= 11 is 3.21. The molecule has 0 atom stereocenters. The lowest BCUT2D eigenvalue weighted by Crippen LogP contribution is -2.04. The molecule has 0 saturated heterocycles. The minimum atomic E-state index is -4.31. The highest BCUT2D eigenvalue weighted by Gasteiger charge is 2.29. The van der Waals surface area contributed by atoms with Crippen LogP contribution in [0.4, 0.5) is 24.7 Å². The van der Waals surface area contributed by atoms with Crippen LogP contribution in [-0.4, -0.2) is 4.98 Å². The van der Waals surface area contributed by atoms with E-state index in [9.17, 15) is 13.2 Å². The zero-order chi connectivity index (χ0) is 13.2. The number of hydrogen-bond donors (Lipinski definition) is 1. The van der Waals surface area contributed by atoms with Gasteiger partial charge in [0.1, 0.15) is 10.4 Å². The van der Waals surface area contributed by atoms with E-state index in [0.29, 0.717) is 16.1 Å². The van der Waals surface area contributed by atoms with Crippen molar-refractivity contribution < 1.29 is 13.2 Å². The Bertz CT molecular complexity index is 538. The lowest BCUT2D eigenvalue weighted by atomic mass is 10.2. The molecule has 0 amide bonds. The summed E-state index contributed by atoms with van der Waals surface area (Å²) in [5.74, 6) is 0.559. The number of pyridine rings is 1. The molecule has 0 aliphatic carbocycles. The van der Waals surface area contributed by atoms with Crippen molar-refractivity contribution in [2.75, 3.05) is 5.32 Å². The van der Waals surface area contributed by atoms with E-state index in [1.807, 2.05) is 0 Å². The minimum absolute atomic E-state index is 0.550. The molecule has 2 rings (SSSR count). The Morgan fingerprint density at radius 2 is 1.67 bits per heavy atom. The largest absolute Gasteiger partial charge is 0.416 e. The monoisotopic (exact) mass is 316 g/mol. The molecule has 0 radical (unpaired) electrons. The summed E-state index contributed by atoms with van der Waals surface area (Å²) in [4.78, 5) is 4.12. The maximum atomic E-state index is 12.4. The molecule has 1 aromatic carbocycles. The Labute approximate surface area is 110 Å². The molecule has 0 unspecified atom stereocenters. The van der Waals surface area contributed by atoms with Gasteiger partial charge in [-0.15, -0.1) is 0 Å². The second kappa shape index (κ2) is 4.97. The van der Waals surface area contributed by atoms with Gasteiger partial charge in [0, 0.05) is 5.69 Å². The highest BCUT2D eigenvalue weighted by Crippen LogP contribution is 2.30. The average molecular weight is 317 g/mol. The summed E-state index contributed by atoms with van der Waals surface area (Å²) in [5.41, 5.74) is -0.121. The molecule has 0 bridgehead atoms. The van der Waals surface area contributed by atoms with Crippen LogP contribution in [0.5, 0.6) is 0 Å². The first-order chi connectivity index (χ1) is 8.45. The zero-order valence-corrected chi connectivity index (χ0v) is 10.6. The molecule has 94 valence electrons. The molecular formula is C12H8BrF3N2. The molecule has 6 heteroatoms. The highest BCUT2D eigenvalue weighted by molar-refractivity contribution is 9.10. The predicted octanol–water partition coefficient (Wildman–Crippen LogP) is 4.61. The normalized spacial score (nSPS) is 11.3. The van der Waals surface area contributed by atoms with Gasteiger partial charge in [-0.25, -0.2) is 4.98 Å². The van der Waals surface area contributed by atoms with Crippen molar-refractivity contribution in [1.82, 2.24) is 4.98 Å². The molecule has 1 heterocycles. The summed E-state index contributed by atoms with van der Waals surface area (Å²) in [6, 6.07) is 10.1. The average Bonchev–Trinajstić information content (AvgIpc) is 2.28. The summed E-state index contributed by atoms with van der Waals surface area (Å²) in [6.07, 6.45) is -4.31. The standard InChI is InChI=1S/C12H8BrF3N2/c13-10-2-1-3-11(18-10)17-9-6-4-8(5-7-9)12(14,15)16/h1-7H,(H,17,18). The third-order valence-electron chi connectivity index (χ3n) is 2.20. The number of benzene rings is 1. The van der Waals surface area contributed by atoms with Gasteiger partial charge >= 0.3 is 6.18 Å². The molecule has 0 saturated carbocycles. The van der Waals surface area contributed by atoms with Crippen LogP contribution in [0.1, 0.15) is 5.56 Å². The van der Waals surface area contributed by atoms with Crippen molar-refractivity contribution in [3.8, 4) is 0 Å². The Balaban J connectivity index is 2.16. The van der Waals surface area contributed by atoms with Gasteiger partial charge in [0.15, 0.2) is 0 Å². The van der Waals surface area contributed by atoms with Crippen LogP contribution in [0.2, 0.25) is 0 Å². The van der Waals surface area contributed by atoms with E-state index in [1.54, 1.807) is 18.2 Å². The number of hydrogen-bond acceptors (Lipinski definition) is 2. The third kappa shape index (κ3) is 3.22. The summed E-state index contributed by atoms with van der Waals surface area (Å²) < 4.78 is 37.7. The van der Waals surface area contributed by atoms with Gasteiger partial charge in [-0.1, -0.05) is 6.07 Å². The van der Waals surface area contributed by atoms with Crippen LogP contribution in [0.3, 0.4) is 0 Å². The van der Waals surface area contributed by atoms with E-state index in [1.165, 1.54) is 12.1 Å². The molecular weight excluding hydrogens is 309 g/mol. The first-order valence-electron chi connectivity index (χ1n) is 5.02. The summed E-state index contributed by atoms with van der Waals surface area (Å²) in [6.45, 7) is 0. The van der Waals surface area contributed by atoms with Crippen molar-refractivity contribution in [3.05, 3.63) is 52.6 Å². The fraction of sp³-hybridized carbons (Fsp3) is 0.0833. The second-order valence-corrected chi connectivity index (χ2v) is 4.36. The fourth-order valence-electron chi connectivity index (χ4n) is 1.37. The first kappa shape index (κ1) is 12.9. The maximum absolute atomic E-state index is 12.4. The van der Waals surface area contributed by atoms with Crippen LogP contribution < -0.4 is 5.32 Å². The summed E-state index contributed by atoms with van der Waals surface area (Å²) in [7, 11) is 0. The van der Waals surface area contributed by atoms with Gasteiger partial charge in [-0.3, -0.25) is 0 Å². The number of aromatic nitrogens is 1. The molecule has 1 N–H and O–H groups in total. The molecule has 2 nitrogen and oxygen atoms in total. The molecule has 1 aromatic heterocycles. The molecule has 2 aromatic rings. The number of nitrogens with zero attached hydrogens (tertiary/aromatic N) is 1. The van der Waals surface area contributed by atoms with Gasteiger partial charge in [0.25, 0.3) is 0 Å². The van der Waals surface area contributed by atoms with E-state index in [4.69, 9.17) is 0 Å². The topological polar surface area (TPSA) is 24.9 Å². The molecule has 18 heavy (non-hydrogen) atoms. The lowest BCUT2D eigenvalue weighted by molar-refractivity contribution is -0.137. The van der Waals surface area contributed by atoms with Gasteiger partial charge in [0.2, 0.25) is 0 Å². The number of alkyl halides is 3. The molecule has 0 aliphatic heterocycles.